The molecule has 0 saturated carbocycles. The molecule has 20 heavy (non-hydrogen) atoms. The summed E-state index contributed by atoms with van der Waals surface area (Å²) in [5.41, 5.74) is 2.58. The lowest BCUT2D eigenvalue weighted by atomic mass is 10.0. The highest BCUT2D eigenvalue weighted by Crippen LogP contribution is 2.24. The van der Waals surface area contributed by atoms with Crippen LogP contribution in [0, 0.1) is 6.92 Å². The molecule has 2 rings (SSSR count). The number of hydrogen-bond donors (Lipinski definition) is 0. The van der Waals surface area contributed by atoms with E-state index < -0.39 is 0 Å². The number of esters is 1. The second kappa shape index (κ2) is 6.86. The molecule has 0 radical (unpaired) electrons. The highest BCUT2D eigenvalue weighted by molar-refractivity contribution is 5.69. The van der Waals surface area contributed by atoms with Gasteiger partial charge in [-0.2, -0.15) is 0 Å². The third-order valence-corrected chi connectivity index (χ3v) is 3.86. The van der Waals surface area contributed by atoms with Gasteiger partial charge in [0, 0.05) is 19.1 Å². The lowest BCUT2D eigenvalue weighted by molar-refractivity contribution is -0.146. The molecule has 0 N–H and O–H groups in total. The number of rotatable bonds is 4. The second-order valence-electron chi connectivity index (χ2n) is 5.36. The van der Waals surface area contributed by atoms with Gasteiger partial charge in [0.05, 0.1) is 26.2 Å². The predicted molar refractivity (Wildman–Crippen MR) is 77.5 cm³/mol. The van der Waals surface area contributed by atoms with Gasteiger partial charge in [0.2, 0.25) is 0 Å². The number of carbonyl (C=O) groups is 1. The number of methoxy groups -OCH3 is 1. The summed E-state index contributed by atoms with van der Waals surface area (Å²) >= 11 is 0. The number of benzene rings is 1. The summed E-state index contributed by atoms with van der Waals surface area (Å²) in [5, 5.41) is 0. The molecule has 0 spiro atoms. The summed E-state index contributed by atoms with van der Waals surface area (Å²) in [6.07, 6.45) is 0.261. The summed E-state index contributed by atoms with van der Waals surface area (Å²) in [5.74, 6) is -0.208. The Morgan fingerprint density at radius 2 is 2.35 bits per heavy atom. The molecule has 1 aliphatic heterocycles. The average molecular weight is 277 g/mol. The Kier molecular flexibility index (Phi) is 5.15. The fourth-order valence-corrected chi connectivity index (χ4v) is 2.63. The first-order valence-electron chi connectivity index (χ1n) is 7.09. The van der Waals surface area contributed by atoms with E-state index in [0.29, 0.717) is 19.1 Å². The highest BCUT2D eigenvalue weighted by Gasteiger charge is 2.26. The zero-order valence-electron chi connectivity index (χ0n) is 12.5. The van der Waals surface area contributed by atoms with Crippen molar-refractivity contribution in [3.63, 3.8) is 0 Å². The molecule has 0 amide bonds. The molecule has 0 bridgehead atoms. The van der Waals surface area contributed by atoms with E-state index in [-0.39, 0.29) is 12.1 Å². The van der Waals surface area contributed by atoms with Crippen LogP contribution in [0.15, 0.2) is 24.3 Å². The Morgan fingerprint density at radius 3 is 3.05 bits per heavy atom. The fraction of sp³-hybridized carbons (Fsp3) is 0.562. The molecule has 1 aromatic carbocycles. The van der Waals surface area contributed by atoms with E-state index in [2.05, 4.69) is 43.0 Å². The van der Waals surface area contributed by atoms with E-state index in [1.165, 1.54) is 18.2 Å². The number of aryl methyl sites for hydroxylation is 1. The molecular weight excluding hydrogens is 254 g/mol. The van der Waals surface area contributed by atoms with E-state index in [9.17, 15) is 4.79 Å². The van der Waals surface area contributed by atoms with Crippen molar-refractivity contribution in [3.05, 3.63) is 35.4 Å². The zero-order valence-corrected chi connectivity index (χ0v) is 12.5. The summed E-state index contributed by atoms with van der Waals surface area (Å²) in [7, 11) is 1.41. The van der Waals surface area contributed by atoms with Gasteiger partial charge in [-0.25, -0.2) is 0 Å². The smallest absolute Gasteiger partial charge is 0.308 e. The van der Waals surface area contributed by atoms with Crippen LogP contribution in [0.3, 0.4) is 0 Å². The van der Waals surface area contributed by atoms with Crippen LogP contribution in [0.2, 0.25) is 0 Å². The zero-order chi connectivity index (χ0) is 14.5. The first-order valence-corrected chi connectivity index (χ1v) is 7.09. The minimum absolute atomic E-state index is 0.0662. The number of nitrogens with zero attached hydrogens (tertiary/aromatic N) is 1. The third kappa shape index (κ3) is 3.81. The molecule has 1 saturated heterocycles. The number of ether oxygens (including phenoxy) is 2. The number of morpholine rings is 1. The van der Waals surface area contributed by atoms with E-state index in [1.54, 1.807) is 0 Å². The van der Waals surface area contributed by atoms with Gasteiger partial charge in [0.1, 0.15) is 0 Å². The Balaban J connectivity index is 1.99. The van der Waals surface area contributed by atoms with Crippen LogP contribution < -0.4 is 0 Å². The summed E-state index contributed by atoms with van der Waals surface area (Å²) < 4.78 is 10.4. The van der Waals surface area contributed by atoms with Crippen molar-refractivity contribution in [2.75, 3.05) is 26.8 Å². The van der Waals surface area contributed by atoms with Crippen LogP contribution in [-0.4, -0.2) is 43.8 Å². The fourth-order valence-electron chi connectivity index (χ4n) is 2.63. The summed E-state index contributed by atoms with van der Waals surface area (Å²) in [6, 6.07) is 8.90. The molecule has 0 aromatic heterocycles. The molecule has 1 heterocycles. The third-order valence-electron chi connectivity index (χ3n) is 3.86. The lowest BCUT2D eigenvalue weighted by Gasteiger charge is -2.36. The van der Waals surface area contributed by atoms with Gasteiger partial charge in [-0.05, 0) is 19.4 Å². The molecule has 1 aromatic rings. The maximum absolute atomic E-state index is 11.4. The molecule has 4 nitrogen and oxygen atoms in total. The van der Waals surface area contributed by atoms with Crippen molar-refractivity contribution in [2.45, 2.75) is 32.4 Å². The van der Waals surface area contributed by atoms with Gasteiger partial charge in [0.15, 0.2) is 0 Å². The van der Waals surface area contributed by atoms with Crippen molar-refractivity contribution in [1.29, 1.82) is 0 Å². The van der Waals surface area contributed by atoms with Gasteiger partial charge in [-0.3, -0.25) is 9.69 Å². The highest BCUT2D eigenvalue weighted by atomic mass is 16.5. The van der Waals surface area contributed by atoms with E-state index >= 15 is 0 Å². The molecule has 1 aliphatic rings. The Labute approximate surface area is 120 Å². The van der Waals surface area contributed by atoms with E-state index in [0.717, 1.165) is 13.1 Å². The van der Waals surface area contributed by atoms with Crippen LogP contribution in [0.1, 0.15) is 30.5 Å². The van der Waals surface area contributed by atoms with Gasteiger partial charge in [-0.1, -0.05) is 29.8 Å². The Hall–Kier alpha value is -1.39. The SMILES string of the molecule is COC(=O)C[C@@H]1CN([C@H](C)c2cccc(C)c2)CCO1. The first kappa shape index (κ1) is 15.0. The minimum Gasteiger partial charge on any atom is -0.469 e. The van der Waals surface area contributed by atoms with Crippen LogP contribution in [0.4, 0.5) is 0 Å². The maximum atomic E-state index is 11.4. The van der Waals surface area contributed by atoms with Crippen molar-refractivity contribution >= 4 is 5.97 Å². The van der Waals surface area contributed by atoms with Crippen molar-refractivity contribution in [1.82, 2.24) is 4.90 Å². The molecule has 2 atom stereocenters. The van der Waals surface area contributed by atoms with Gasteiger partial charge in [0.25, 0.3) is 0 Å². The lowest BCUT2D eigenvalue weighted by Crippen LogP contribution is -2.44. The van der Waals surface area contributed by atoms with E-state index in [1.807, 2.05) is 0 Å². The summed E-state index contributed by atoms with van der Waals surface area (Å²) in [6.45, 7) is 6.64. The first-order chi connectivity index (χ1) is 9.60. The second-order valence-corrected chi connectivity index (χ2v) is 5.36. The van der Waals surface area contributed by atoms with Crippen molar-refractivity contribution < 1.29 is 14.3 Å². The Bertz CT molecular complexity index is 461. The summed E-state index contributed by atoms with van der Waals surface area (Å²) in [4.78, 5) is 13.7. The largest absolute Gasteiger partial charge is 0.469 e. The van der Waals surface area contributed by atoms with Gasteiger partial charge >= 0.3 is 5.97 Å². The topological polar surface area (TPSA) is 38.8 Å². The molecular formula is C16H23NO3. The minimum atomic E-state index is -0.208. The number of hydrogen-bond acceptors (Lipinski definition) is 4. The molecule has 0 unspecified atom stereocenters. The predicted octanol–water partition coefficient (Wildman–Crippen LogP) is 2.32. The van der Waals surface area contributed by atoms with Crippen LogP contribution in [-0.2, 0) is 14.3 Å². The van der Waals surface area contributed by atoms with Crippen molar-refractivity contribution in [3.8, 4) is 0 Å². The Morgan fingerprint density at radius 1 is 1.55 bits per heavy atom. The monoisotopic (exact) mass is 277 g/mol. The normalized spacial score (nSPS) is 21.4. The van der Waals surface area contributed by atoms with Crippen molar-refractivity contribution in [2.24, 2.45) is 0 Å². The van der Waals surface area contributed by atoms with Gasteiger partial charge < -0.3 is 9.47 Å². The van der Waals surface area contributed by atoms with Crippen LogP contribution in [0.5, 0.6) is 0 Å². The van der Waals surface area contributed by atoms with Crippen LogP contribution in [0.25, 0.3) is 0 Å². The quantitative estimate of drug-likeness (QED) is 0.792. The maximum Gasteiger partial charge on any atom is 0.308 e. The molecule has 110 valence electrons. The van der Waals surface area contributed by atoms with E-state index in [4.69, 9.17) is 9.47 Å². The average Bonchev–Trinajstić information content (AvgIpc) is 2.46. The molecule has 4 heteroatoms. The standard InChI is InChI=1S/C16H23NO3/c1-12-5-4-6-14(9-12)13(2)17-7-8-20-15(11-17)10-16(18)19-3/h4-6,9,13,15H,7-8,10-11H2,1-3H3/t13-,15-/m1/s1. The molecule has 1 fully saturated rings. The van der Waals surface area contributed by atoms with Crippen LogP contribution >= 0.6 is 0 Å². The molecule has 0 aliphatic carbocycles. The number of carbonyl (C=O) groups excluding carboxylic acids is 1. The van der Waals surface area contributed by atoms with Gasteiger partial charge in [-0.15, -0.1) is 0 Å².